The topological polar surface area (TPSA) is 8.17 Å². The molecule has 0 fully saturated rings. The maximum Gasteiger partial charge on any atom is 0.0618 e. The summed E-state index contributed by atoms with van der Waals surface area (Å²) in [6.45, 7) is 0. The average molecular weight is 663 g/mol. The lowest BCUT2D eigenvalue weighted by Crippen LogP contribution is -2.11. The Kier molecular flexibility index (Phi) is 7.18. The van der Waals surface area contributed by atoms with Crippen molar-refractivity contribution >= 4 is 60.4 Å². The second-order valence-corrected chi connectivity index (χ2v) is 13.3. The summed E-state index contributed by atoms with van der Waals surface area (Å²) in [5.41, 5.74) is 11.8. The van der Waals surface area contributed by atoms with Crippen molar-refractivity contribution in [3.63, 3.8) is 0 Å². The quantitative estimate of drug-likeness (QED) is 0.161. The highest BCUT2D eigenvalue weighted by atomic mass is 15.1. The van der Waals surface area contributed by atoms with Gasteiger partial charge in [0.05, 0.1) is 16.7 Å². The third kappa shape index (κ3) is 4.88. The van der Waals surface area contributed by atoms with E-state index in [-0.39, 0.29) is 0 Å². The number of nitrogens with zero attached hydrogens (tertiary/aromatic N) is 2. The van der Waals surface area contributed by atoms with Gasteiger partial charge in [0.25, 0.3) is 0 Å². The molecular weight excluding hydrogens is 629 g/mol. The molecule has 0 aliphatic carbocycles. The Morgan fingerprint density at radius 3 is 1.60 bits per heavy atom. The maximum absolute atomic E-state index is 2.47. The Bertz CT molecular complexity index is 2870. The van der Waals surface area contributed by atoms with Gasteiger partial charge in [-0.15, -0.1) is 0 Å². The van der Waals surface area contributed by atoms with E-state index in [1.54, 1.807) is 0 Å². The van der Waals surface area contributed by atoms with E-state index in [1.807, 2.05) is 0 Å². The summed E-state index contributed by atoms with van der Waals surface area (Å²) in [6, 6.07) is 74.7. The molecule has 10 aromatic rings. The van der Waals surface area contributed by atoms with Gasteiger partial charge in [-0.3, -0.25) is 0 Å². The van der Waals surface area contributed by atoms with Crippen LogP contribution in [0.1, 0.15) is 0 Å². The lowest BCUT2D eigenvalue weighted by Gasteiger charge is -2.30. The van der Waals surface area contributed by atoms with Crippen LogP contribution in [0.15, 0.2) is 206 Å². The van der Waals surface area contributed by atoms with E-state index in [9.17, 15) is 0 Å². The van der Waals surface area contributed by atoms with Crippen molar-refractivity contribution in [3.05, 3.63) is 206 Å². The van der Waals surface area contributed by atoms with Gasteiger partial charge in [-0.05, 0) is 87.6 Å². The summed E-state index contributed by atoms with van der Waals surface area (Å²) >= 11 is 0. The Labute approximate surface area is 303 Å². The first-order chi connectivity index (χ1) is 25.8. The summed E-state index contributed by atoms with van der Waals surface area (Å²) in [6.07, 6.45) is 0. The van der Waals surface area contributed by atoms with Gasteiger partial charge in [0, 0.05) is 38.6 Å². The number of para-hydroxylation sites is 3. The third-order valence-corrected chi connectivity index (χ3v) is 10.3. The summed E-state index contributed by atoms with van der Waals surface area (Å²) in [4.78, 5) is 2.47. The summed E-state index contributed by atoms with van der Waals surface area (Å²) in [5, 5.41) is 7.31. The molecule has 0 saturated carbocycles. The van der Waals surface area contributed by atoms with Crippen LogP contribution in [0.25, 0.3) is 71.3 Å². The van der Waals surface area contributed by atoms with Crippen molar-refractivity contribution in [2.45, 2.75) is 0 Å². The van der Waals surface area contributed by atoms with Crippen LogP contribution < -0.4 is 4.90 Å². The maximum atomic E-state index is 2.47. The minimum absolute atomic E-state index is 1.11. The predicted molar refractivity (Wildman–Crippen MR) is 221 cm³/mol. The van der Waals surface area contributed by atoms with Gasteiger partial charge in [-0.1, -0.05) is 152 Å². The van der Waals surface area contributed by atoms with Gasteiger partial charge in [0.15, 0.2) is 0 Å². The molecule has 244 valence electrons. The van der Waals surface area contributed by atoms with Crippen LogP contribution in [0.4, 0.5) is 17.1 Å². The number of hydrogen-bond donors (Lipinski definition) is 0. The van der Waals surface area contributed by atoms with Crippen molar-refractivity contribution in [1.82, 2.24) is 4.57 Å². The van der Waals surface area contributed by atoms with Crippen LogP contribution in [0, 0.1) is 0 Å². The third-order valence-electron chi connectivity index (χ3n) is 10.3. The summed E-state index contributed by atoms with van der Waals surface area (Å²) in [5.74, 6) is 0. The molecule has 0 amide bonds. The molecule has 0 bridgehead atoms. The normalized spacial score (nSPS) is 11.5. The number of aromatic nitrogens is 1. The standard InChI is InChI=1S/C50H34N2/c1-5-17-35(18-6-1)37-29-31-44-46(33-37)49(36-19-7-2-8-20-36)42-26-13-14-27-43(42)50(44)51(38-21-9-3-10-22-38)40-30-32-48-45(34-40)41-25-15-16-28-47(41)52(48)39-23-11-4-12-24-39/h1-34H. The Morgan fingerprint density at radius 2 is 0.865 bits per heavy atom. The second kappa shape index (κ2) is 12.5. The van der Waals surface area contributed by atoms with E-state index in [4.69, 9.17) is 0 Å². The molecule has 0 atom stereocenters. The second-order valence-electron chi connectivity index (χ2n) is 13.3. The van der Waals surface area contributed by atoms with Gasteiger partial charge < -0.3 is 9.47 Å². The van der Waals surface area contributed by atoms with Gasteiger partial charge in [0.1, 0.15) is 0 Å². The molecule has 0 aliphatic rings. The fourth-order valence-electron chi connectivity index (χ4n) is 8.06. The molecule has 9 aromatic carbocycles. The molecule has 2 heteroatoms. The van der Waals surface area contributed by atoms with Crippen molar-refractivity contribution in [1.29, 1.82) is 0 Å². The Hall–Kier alpha value is -6.90. The highest BCUT2D eigenvalue weighted by molar-refractivity contribution is 6.23. The van der Waals surface area contributed by atoms with Crippen LogP contribution in [-0.2, 0) is 0 Å². The van der Waals surface area contributed by atoms with E-state index in [0.29, 0.717) is 0 Å². The first-order valence-corrected chi connectivity index (χ1v) is 17.9. The van der Waals surface area contributed by atoms with Crippen LogP contribution >= 0.6 is 0 Å². The molecule has 10 rings (SSSR count). The van der Waals surface area contributed by atoms with Gasteiger partial charge in [0.2, 0.25) is 0 Å². The molecule has 0 spiro atoms. The smallest absolute Gasteiger partial charge is 0.0618 e. The number of hydrogen-bond acceptors (Lipinski definition) is 1. The molecule has 0 unspecified atom stereocenters. The molecule has 52 heavy (non-hydrogen) atoms. The van der Waals surface area contributed by atoms with Crippen molar-refractivity contribution < 1.29 is 0 Å². The summed E-state index contributed by atoms with van der Waals surface area (Å²) in [7, 11) is 0. The molecule has 2 nitrogen and oxygen atoms in total. The SMILES string of the molecule is c1ccc(-c2ccc3c(N(c4ccccc4)c4ccc5c(c4)c4ccccc4n5-c4ccccc4)c4ccccc4c(-c4ccccc4)c3c2)cc1. The average Bonchev–Trinajstić information content (AvgIpc) is 3.55. The largest absolute Gasteiger partial charge is 0.309 e. The number of rotatable bonds is 6. The molecule has 0 aliphatic heterocycles. The number of fused-ring (bicyclic) bond motifs is 5. The zero-order chi connectivity index (χ0) is 34.4. The minimum Gasteiger partial charge on any atom is -0.309 e. The molecule has 1 aromatic heterocycles. The minimum atomic E-state index is 1.11. The number of benzene rings is 9. The molecular formula is C50H34N2. The fourth-order valence-corrected chi connectivity index (χ4v) is 8.06. The molecule has 1 heterocycles. The van der Waals surface area contributed by atoms with Crippen LogP contribution in [0.2, 0.25) is 0 Å². The molecule has 0 N–H and O–H groups in total. The monoisotopic (exact) mass is 662 g/mol. The van der Waals surface area contributed by atoms with E-state index < -0.39 is 0 Å². The van der Waals surface area contributed by atoms with Crippen molar-refractivity contribution in [3.8, 4) is 27.9 Å². The highest BCUT2D eigenvalue weighted by Gasteiger charge is 2.23. The predicted octanol–water partition coefficient (Wildman–Crippen LogP) is 13.9. The van der Waals surface area contributed by atoms with Crippen molar-refractivity contribution in [2.24, 2.45) is 0 Å². The van der Waals surface area contributed by atoms with Crippen LogP contribution in [0.3, 0.4) is 0 Å². The zero-order valence-electron chi connectivity index (χ0n) is 28.5. The van der Waals surface area contributed by atoms with Crippen LogP contribution in [-0.4, -0.2) is 4.57 Å². The van der Waals surface area contributed by atoms with E-state index in [2.05, 4.69) is 216 Å². The lowest BCUT2D eigenvalue weighted by atomic mass is 9.88. The Morgan fingerprint density at radius 1 is 0.308 bits per heavy atom. The first-order valence-electron chi connectivity index (χ1n) is 17.9. The van der Waals surface area contributed by atoms with Crippen molar-refractivity contribution in [2.75, 3.05) is 4.90 Å². The first kappa shape index (κ1) is 30.0. The zero-order valence-corrected chi connectivity index (χ0v) is 28.5. The van der Waals surface area contributed by atoms with Crippen LogP contribution in [0.5, 0.6) is 0 Å². The van der Waals surface area contributed by atoms with Gasteiger partial charge in [-0.25, -0.2) is 0 Å². The lowest BCUT2D eigenvalue weighted by molar-refractivity contribution is 1.18. The summed E-state index contributed by atoms with van der Waals surface area (Å²) < 4.78 is 2.38. The van der Waals surface area contributed by atoms with E-state index in [1.165, 1.54) is 71.3 Å². The van der Waals surface area contributed by atoms with Gasteiger partial charge in [-0.2, -0.15) is 0 Å². The molecule has 0 saturated heterocycles. The van der Waals surface area contributed by atoms with Gasteiger partial charge >= 0.3 is 0 Å². The van der Waals surface area contributed by atoms with E-state index >= 15 is 0 Å². The fraction of sp³-hybridized carbons (Fsp3) is 0. The highest BCUT2D eigenvalue weighted by Crippen LogP contribution is 2.49. The Balaban J connectivity index is 1.31. The molecule has 0 radical (unpaired) electrons. The van der Waals surface area contributed by atoms with E-state index in [0.717, 1.165) is 17.1 Å². The number of anilines is 3.